The lowest BCUT2D eigenvalue weighted by atomic mass is 10.1. The predicted molar refractivity (Wildman–Crippen MR) is 322 cm³/mol. The molecule has 446 valence electrons. The van der Waals surface area contributed by atoms with E-state index >= 15 is 0 Å². The summed E-state index contributed by atoms with van der Waals surface area (Å²) < 4.78 is 29.8. The average molecular weight is 1190 g/mol. The minimum atomic E-state index is -0.754. The Balaban J connectivity index is 0.781. The van der Waals surface area contributed by atoms with Crippen LogP contribution in [-0.2, 0) is 48.9 Å². The van der Waals surface area contributed by atoms with Gasteiger partial charge in [0, 0.05) is 102 Å². The molecule has 84 heavy (non-hydrogen) atoms. The summed E-state index contributed by atoms with van der Waals surface area (Å²) in [6.07, 6.45) is 9.94. The molecule has 8 rings (SSSR count). The van der Waals surface area contributed by atoms with E-state index in [1.807, 2.05) is 32.3 Å². The van der Waals surface area contributed by atoms with Gasteiger partial charge in [0.05, 0.1) is 66.9 Å². The summed E-state index contributed by atoms with van der Waals surface area (Å²) in [4.78, 5) is 103. The molecule has 6 aromatic rings. The fourth-order valence-corrected chi connectivity index (χ4v) is 11.7. The van der Waals surface area contributed by atoms with Crippen molar-refractivity contribution in [3.8, 4) is 11.5 Å². The summed E-state index contributed by atoms with van der Waals surface area (Å²) in [7, 11) is 15.3. The monoisotopic (exact) mass is 1190 g/mol. The third-order valence-electron chi connectivity index (χ3n) is 14.1. The maximum atomic E-state index is 14.2. The number of ketones is 2. The van der Waals surface area contributed by atoms with Gasteiger partial charge in [-0.15, -0.1) is 0 Å². The topological polar surface area (TPSA) is 261 Å². The van der Waals surface area contributed by atoms with E-state index in [-0.39, 0.29) is 91.0 Å². The molecule has 25 heteroatoms. The van der Waals surface area contributed by atoms with Crippen LogP contribution in [0.5, 0.6) is 11.5 Å². The number of aromatic nitrogens is 5. The zero-order valence-corrected chi connectivity index (χ0v) is 49.9. The molecule has 7 heterocycles. The Morgan fingerprint density at radius 2 is 1.42 bits per heavy atom. The molecule has 0 aliphatic carbocycles. The van der Waals surface area contributed by atoms with Crippen LogP contribution in [0.3, 0.4) is 0 Å². The third kappa shape index (κ3) is 15.7. The van der Waals surface area contributed by atoms with Gasteiger partial charge in [-0.05, 0) is 105 Å². The van der Waals surface area contributed by atoms with Gasteiger partial charge in [-0.2, -0.15) is 0 Å². The van der Waals surface area contributed by atoms with Crippen LogP contribution < -0.4 is 31.2 Å². The SMILES string of the molecule is C=C1C[C@@H](C2OCCN2C(=O)OCCSSc2ccccn2)N(C(=O)c2cc(OC)c(OCCCC(=O)Nc3cc(C(=O)Nc4cc(C(=O)Cc5cc(C(=O)Nc6cc(C(=O)CCCCN(C)C)n(C)c6)n(C)c5)n(C)c4)n(C)c3)cc2N)C1. The van der Waals surface area contributed by atoms with Gasteiger partial charge < -0.3 is 68.7 Å². The van der Waals surface area contributed by atoms with Crippen LogP contribution in [0.4, 0.5) is 27.5 Å². The summed E-state index contributed by atoms with van der Waals surface area (Å²) in [5.74, 6) is -0.740. The number of nitrogens with zero attached hydrogens (tertiary/aromatic N) is 8. The highest BCUT2D eigenvalue weighted by atomic mass is 33.1. The van der Waals surface area contributed by atoms with E-state index in [9.17, 15) is 33.6 Å². The van der Waals surface area contributed by atoms with Crippen molar-refractivity contribution in [2.45, 2.75) is 62.2 Å². The number of carbonyl (C=O) groups is 7. The largest absolute Gasteiger partial charge is 0.493 e. The maximum absolute atomic E-state index is 14.2. The number of nitrogen functional groups attached to an aromatic ring is 1. The number of ether oxygens (including phenoxy) is 4. The number of Topliss-reactive ketones (excluding diaryl/α,β-unsaturated/α-hetero) is 2. The molecule has 2 aliphatic rings. The minimum Gasteiger partial charge on any atom is -0.493 e. The van der Waals surface area contributed by atoms with Crippen molar-refractivity contribution in [1.29, 1.82) is 0 Å². The Labute approximate surface area is 495 Å². The van der Waals surface area contributed by atoms with Gasteiger partial charge in [0.25, 0.3) is 17.7 Å². The molecule has 2 fully saturated rings. The lowest BCUT2D eigenvalue weighted by Gasteiger charge is -2.33. The second kappa shape index (κ2) is 28.3. The minimum absolute atomic E-state index is 0.00623. The highest BCUT2D eigenvalue weighted by Gasteiger charge is 2.45. The number of hydrogen-bond donors (Lipinski definition) is 4. The van der Waals surface area contributed by atoms with Gasteiger partial charge in [0.15, 0.2) is 29.3 Å². The number of unbranched alkanes of at least 4 members (excludes halogenated alkanes) is 1. The molecule has 0 saturated carbocycles. The Morgan fingerprint density at radius 3 is 2.10 bits per heavy atom. The Kier molecular flexibility index (Phi) is 20.9. The molecule has 5 N–H and O–H groups in total. The zero-order valence-electron chi connectivity index (χ0n) is 48.3. The number of benzene rings is 1. The third-order valence-corrected chi connectivity index (χ3v) is 16.4. The fraction of sp³-hybridized carbons (Fsp3) is 0.390. The summed E-state index contributed by atoms with van der Waals surface area (Å²) in [5, 5.41) is 9.40. The van der Waals surface area contributed by atoms with Crippen molar-refractivity contribution in [1.82, 2.24) is 38.0 Å². The van der Waals surface area contributed by atoms with Crippen molar-refractivity contribution >= 4 is 85.6 Å². The Hall–Kier alpha value is -8.26. The first-order chi connectivity index (χ1) is 40.3. The molecule has 2 atom stereocenters. The van der Waals surface area contributed by atoms with Gasteiger partial charge in [-0.1, -0.05) is 29.0 Å². The summed E-state index contributed by atoms with van der Waals surface area (Å²) in [6.45, 7) is 6.14. The highest BCUT2D eigenvalue weighted by Crippen LogP contribution is 2.37. The quantitative estimate of drug-likeness (QED) is 0.0127. The van der Waals surface area contributed by atoms with E-state index in [1.165, 1.54) is 45.7 Å². The van der Waals surface area contributed by atoms with E-state index in [0.29, 0.717) is 71.3 Å². The zero-order chi connectivity index (χ0) is 60.2. The van der Waals surface area contributed by atoms with Crippen LogP contribution >= 0.6 is 21.6 Å². The number of amides is 5. The van der Waals surface area contributed by atoms with Crippen molar-refractivity contribution in [3.05, 3.63) is 132 Å². The number of anilines is 4. The first kappa shape index (κ1) is 61.8. The molecule has 5 aromatic heterocycles. The van der Waals surface area contributed by atoms with E-state index in [0.717, 1.165) is 30.0 Å². The van der Waals surface area contributed by atoms with Gasteiger partial charge in [0.2, 0.25) is 5.91 Å². The molecule has 0 bridgehead atoms. The predicted octanol–water partition coefficient (Wildman–Crippen LogP) is 7.67. The number of aryl methyl sites for hydroxylation is 4. The van der Waals surface area contributed by atoms with E-state index in [1.54, 1.807) is 107 Å². The molecule has 2 saturated heterocycles. The Morgan fingerprint density at radius 1 is 0.762 bits per heavy atom. The maximum Gasteiger partial charge on any atom is 0.412 e. The highest BCUT2D eigenvalue weighted by molar-refractivity contribution is 8.76. The lowest BCUT2D eigenvalue weighted by Crippen LogP contribution is -2.51. The first-order valence-electron chi connectivity index (χ1n) is 27.4. The average Bonchev–Trinajstić information content (AvgIpc) is 4.55. The number of hydrogen-bond acceptors (Lipinski definition) is 16. The normalized spacial score (nSPS) is 14.9. The number of pyridine rings is 1. The van der Waals surface area contributed by atoms with Gasteiger partial charge in [0.1, 0.15) is 23.0 Å². The lowest BCUT2D eigenvalue weighted by molar-refractivity contribution is -0.116. The van der Waals surface area contributed by atoms with Gasteiger partial charge >= 0.3 is 6.09 Å². The molecule has 2 aliphatic heterocycles. The van der Waals surface area contributed by atoms with Gasteiger partial charge in [-0.3, -0.25) is 33.7 Å². The van der Waals surface area contributed by atoms with Crippen molar-refractivity contribution in [3.63, 3.8) is 0 Å². The van der Waals surface area contributed by atoms with Crippen LogP contribution in [0.15, 0.2) is 103 Å². The number of nitrogens with one attached hydrogen (secondary N) is 3. The van der Waals surface area contributed by atoms with E-state index in [4.69, 9.17) is 24.7 Å². The standard InChI is InChI=1S/C59H72N12O11S2/c1-37-24-48(58-70(19-21-81-58)59(78)82-22-23-83-84-54-16-9-11-17-61-54)71(32-37)57(77)42-30-51(79-8)52(31-43(42)60)80-20-13-15-53(74)62-39-29-47(69(7)34-39)56(76)64-41-28-45(68(6)36-41)50(73)26-38-25-46(66(4)33-38)55(75)63-40-27-44(67(5)35-40)49(72)14-10-12-18-65(2)3/h9,11,16-17,25,27-31,33-36,48,58H,1,10,12-15,18-24,26,32,60H2,2-8H3,(H,62,74)(H,63,75)(H,64,76)/t48-,58?/m0/s1. The van der Waals surface area contributed by atoms with Crippen LogP contribution in [0.1, 0.15) is 96.4 Å². The number of nitrogens with two attached hydrogens (primary N) is 1. The van der Waals surface area contributed by atoms with Crippen molar-refractivity contribution in [2.75, 3.05) is 88.1 Å². The summed E-state index contributed by atoms with van der Waals surface area (Å²) >= 11 is 0. The smallest absolute Gasteiger partial charge is 0.412 e. The van der Waals surface area contributed by atoms with Crippen LogP contribution in [0, 0.1) is 0 Å². The summed E-state index contributed by atoms with van der Waals surface area (Å²) in [6, 6.07) is 14.6. The number of rotatable bonds is 27. The molecule has 1 unspecified atom stereocenters. The number of carbonyl (C=O) groups excluding carboxylic acids is 7. The summed E-state index contributed by atoms with van der Waals surface area (Å²) in [5.41, 5.74) is 10.9. The van der Waals surface area contributed by atoms with E-state index < -0.39 is 30.2 Å². The van der Waals surface area contributed by atoms with Crippen molar-refractivity contribution in [2.24, 2.45) is 28.2 Å². The molecular formula is C59H72N12O11S2. The molecule has 0 radical (unpaired) electrons. The molecule has 0 spiro atoms. The second-order valence-electron chi connectivity index (χ2n) is 20.9. The Bertz CT molecular complexity index is 3400. The molecule has 23 nitrogen and oxygen atoms in total. The number of likely N-dealkylation sites (tertiary alicyclic amines) is 1. The molecule has 1 aromatic carbocycles. The van der Waals surface area contributed by atoms with Gasteiger partial charge in [-0.25, -0.2) is 9.78 Å². The van der Waals surface area contributed by atoms with Crippen LogP contribution in [0.25, 0.3) is 0 Å². The first-order valence-corrected chi connectivity index (χ1v) is 29.7. The molecular weight excluding hydrogens is 1120 g/mol. The second-order valence-corrected chi connectivity index (χ2v) is 23.3. The van der Waals surface area contributed by atoms with E-state index in [2.05, 4.69) is 32.4 Å². The van der Waals surface area contributed by atoms with Crippen LogP contribution in [0.2, 0.25) is 0 Å². The van der Waals surface area contributed by atoms with Crippen LogP contribution in [-0.4, -0.2) is 158 Å². The number of methoxy groups -OCH3 is 1. The fourth-order valence-electron chi connectivity index (χ4n) is 10.0. The van der Waals surface area contributed by atoms with Crippen molar-refractivity contribution < 1.29 is 52.5 Å². The molecule has 5 amide bonds.